The first kappa shape index (κ1) is 45.4. The number of ether oxygens (including phenoxy) is 2. The molecule has 8 nitrogen and oxygen atoms in total. The number of rotatable bonds is 32. The van der Waals surface area contributed by atoms with Crippen molar-refractivity contribution < 1.29 is 29.0 Å². The van der Waals surface area contributed by atoms with E-state index in [4.69, 9.17) is 9.47 Å². The van der Waals surface area contributed by atoms with E-state index in [1.54, 1.807) is 0 Å². The van der Waals surface area contributed by atoms with E-state index in [9.17, 15) is 19.5 Å². The number of thioether (sulfide) groups is 1. The third kappa shape index (κ3) is 18.1. The second-order valence-corrected chi connectivity index (χ2v) is 16.1. The van der Waals surface area contributed by atoms with E-state index in [2.05, 4.69) is 36.6 Å². The second-order valence-electron chi connectivity index (χ2n) is 15.0. The Morgan fingerprint density at radius 3 is 1.70 bits per heavy atom. The van der Waals surface area contributed by atoms with Crippen LogP contribution in [0, 0.1) is 0 Å². The van der Waals surface area contributed by atoms with Crippen molar-refractivity contribution in [2.24, 2.45) is 0 Å². The van der Waals surface area contributed by atoms with Crippen LogP contribution in [-0.4, -0.2) is 66.5 Å². The smallest absolute Gasteiger partial charge is 0.407 e. The van der Waals surface area contributed by atoms with E-state index in [0.29, 0.717) is 25.4 Å². The van der Waals surface area contributed by atoms with Crippen molar-refractivity contribution in [3.05, 3.63) is 59.7 Å². The molecule has 2 aromatic carbocycles. The minimum atomic E-state index is -1.13. The molecule has 0 bridgehead atoms. The average molecular weight is 767 g/mol. The van der Waals surface area contributed by atoms with Gasteiger partial charge in [0.1, 0.15) is 12.6 Å². The van der Waals surface area contributed by atoms with Gasteiger partial charge < -0.3 is 25.2 Å². The first-order chi connectivity index (χ1) is 26.4. The van der Waals surface area contributed by atoms with Crippen LogP contribution in [0.2, 0.25) is 0 Å². The lowest BCUT2D eigenvalue weighted by atomic mass is 9.98. The van der Waals surface area contributed by atoms with Gasteiger partial charge in [-0.2, -0.15) is 11.8 Å². The summed E-state index contributed by atoms with van der Waals surface area (Å²) in [6, 6.07) is 14.8. The SMILES string of the molecule is CCCCCCCCCCCCOC[C@@H](CSC[C@H](NC(=O)OCC1c2ccccc2-c2ccccc21)C(=O)O)NC(=O)CCCCCCCCCCC. The largest absolute Gasteiger partial charge is 0.480 e. The van der Waals surface area contributed by atoms with Crippen LogP contribution >= 0.6 is 11.8 Å². The molecule has 2 amide bonds. The van der Waals surface area contributed by atoms with E-state index >= 15 is 0 Å². The number of amides is 2. The van der Waals surface area contributed by atoms with Crippen LogP contribution in [0.25, 0.3) is 11.1 Å². The fourth-order valence-corrected chi connectivity index (χ4v) is 8.29. The van der Waals surface area contributed by atoms with Crippen LogP contribution in [0.3, 0.4) is 0 Å². The van der Waals surface area contributed by atoms with E-state index < -0.39 is 18.1 Å². The predicted molar refractivity (Wildman–Crippen MR) is 223 cm³/mol. The highest BCUT2D eigenvalue weighted by Crippen LogP contribution is 2.44. The van der Waals surface area contributed by atoms with Crippen molar-refractivity contribution in [2.75, 3.05) is 31.3 Å². The molecule has 54 heavy (non-hydrogen) atoms. The summed E-state index contributed by atoms with van der Waals surface area (Å²) in [5.41, 5.74) is 4.45. The molecule has 9 heteroatoms. The number of carbonyl (C=O) groups is 3. The van der Waals surface area contributed by atoms with Gasteiger partial charge in [0.2, 0.25) is 5.91 Å². The standard InChI is InChI=1S/C45H70N2O6S/c1-3-5-7-9-11-13-15-17-19-25-31-52-32-36(46-43(48)30-20-18-16-14-12-10-8-6-4-2)34-54-35-42(44(49)50)47-45(51)53-33-41-39-28-23-21-26-37(39)38-27-22-24-29-40(38)41/h21-24,26-29,36,41-42H,3-20,25,30-35H2,1-2H3,(H,46,48)(H,47,51)(H,49,50)/t36-,42-/m0/s1. The molecule has 3 rings (SSSR count). The Labute approximate surface area is 330 Å². The molecular weight excluding hydrogens is 697 g/mol. The maximum absolute atomic E-state index is 12.9. The van der Waals surface area contributed by atoms with Crippen LogP contribution in [0.1, 0.15) is 159 Å². The number of nitrogens with one attached hydrogen (secondary N) is 2. The monoisotopic (exact) mass is 766 g/mol. The number of carboxylic acids is 1. The summed E-state index contributed by atoms with van der Waals surface area (Å²) in [7, 11) is 0. The van der Waals surface area contributed by atoms with Gasteiger partial charge >= 0.3 is 12.1 Å². The molecule has 0 saturated carbocycles. The first-order valence-electron chi connectivity index (χ1n) is 21.2. The highest BCUT2D eigenvalue weighted by Gasteiger charge is 2.30. The molecule has 0 aliphatic heterocycles. The number of carbonyl (C=O) groups excluding carboxylic acids is 2. The molecule has 0 radical (unpaired) electrons. The summed E-state index contributed by atoms with van der Waals surface area (Å²) in [6.07, 6.45) is 23.1. The number of benzene rings is 2. The van der Waals surface area contributed by atoms with E-state index in [-0.39, 0.29) is 30.2 Å². The Balaban J connectivity index is 1.41. The first-order valence-corrected chi connectivity index (χ1v) is 22.4. The van der Waals surface area contributed by atoms with Gasteiger partial charge in [0.05, 0.1) is 12.6 Å². The van der Waals surface area contributed by atoms with E-state index in [0.717, 1.165) is 54.4 Å². The summed E-state index contributed by atoms with van der Waals surface area (Å²) in [6.45, 7) is 5.62. The molecule has 0 saturated heterocycles. The molecule has 1 aliphatic rings. The fraction of sp³-hybridized carbons (Fsp3) is 0.667. The number of hydrogen-bond acceptors (Lipinski definition) is 6. The highest BCUT2D eigenvalue weighted by molar-refractivity contribution is 7.99. The van der Waals surface area contributed by atoms with Gasteiger partial charge in [-0.05, 0) is 35.1 Å². The summed E-state index contributed by atoms with van der Waals surface area (Å²) in [4.78, 5) is 37.9. The molecule has 0 fully saturated rings. The van der Waals surface area contributed by atoms with Gasteiger partial charge in [-0.25, -0.2) is 9.59 Å². The van der Waals surface area contributed by atoms with E-state index in [1.165, 1.54) is 102 Å². The topological polar surface area (TPSA) is 114 Å². The van der Waals surface area contributed by atoms with Gasteiger partial charge in [0.25, 0.3) is 0 Å². The lowest BCUT2D eigenvalue weighted by molar-refractivity contribution is -0.138. The van der Waals surface area contributed by atoms with Crippen molar-refractivity contribution in [1.82, 2.24) is 10.6 Å². The van der Waals surface area contributed by atoms with Crippen molar-refractivity contribution >= 4 is 29.7 Å². The Morgan fingerprint density at radius 1 is 0.667 bits per heavy atom. The molecule has 2 atom stereocenters. The number of hydrogen-bond donors (Lipinski definition) is 3. The Morgan fingerprint density at radius 2 is 1.17 bits per heavy atom. The molecule has 0 heterocycles. The number of alkyl carbamates (subject to hydrolysis) is 1. The van der Waals surface area contributed by atoms with Crippen molar-refractivity contribution in [2.45, 2.75) is 160 Å². The number of fused-ring (bicyclic) bond motifs is 3. The van der Waals surface area contributed by atoms with Crippen molar-refractivity contribution in [3.8, 4) is 11.1 Å². The van der Waals surface area contributed by atoms with Crippen molar-refractivity contribution in [1.29, 1.82) is 0 Å². The molecule has 2 aromatic rings. The van der Waals surface area contributed by atoms with Crippen LogP contribution in [0.4, 0.5) is 4.79 Å². The molecule has 0 unspecified atom stereocenters. The summed E-state index contributed by atoms with van der Waals surface area (Å²) >= 11 is 1.39. The number of unbranched alkanes of at least 4 members (excludes halogenated alkanes) is 17. The highest BCUT2D eigenvalue weighted by atomic mass is 32.2. The zero-order chi connectivity index (χ0) is 38.6. The average Bonchev–Trinajstić information content (AvgIpc) is 3.49. The van der Waals surface area contributed by atoms with Crippen LogP contribution in [-0.2, 0) is 19.1 Å². The van der Waals surface area contributed by atoms with Gasteiger partial charge in [0.15, 0.2) is 0 Å². The Kier molecular flexibility index (Phi) is 23.8. The van der Waals surface area contributed by atoms with Crippen molar-refractivity contribution in [3.63, 3.8) is 0 Å². The zero-order valence-corrected chi connectivity index (χ0v) is 34.2. The number of carboxylic acid groups (broad SMARTS) is 1. The van der Waals surface area contributed by atoms with Crippen LogP contribution < -0.4 is 10.6 Å². The molecule has 302 valence electrons. The molecular formula is C45H70N2O6S. The normalized spacial score (nSPS) is 13.2. The maximum atomic E-state index is 12.9. The lowest BCUT2D eigenvalue weighted by Crippen LogP contribution is -2.44. The maximum Gasteiger partial charge on any atom is 0.407 e. The lowest BCUT2D eigenvalue weighted by Gasteiger charge is -2.21. The zero-order valence-electron chi connectivity index (χ0n) is 33.4. The summed E-state index contributed by atoms with van der Waals surface area (Å²) in [5.74, 6) is -0.599. The molecule has 0 aromatic heterocycles. The quantitative estimate of drug-likeness (QED) is 0.0635. The minimum Gasteiger partial charge on any atom is -0.480 e. The van der Waals surface area contributed by atoms with Gasteiger partial charge in [-0.1, -0.05) is 172 Å². The second kappa shape index (κ2) is 28.4. The third-order valence-corrected chi connectivity index (χ3v) is 11.6. The van der Waals surface area contributed by atoms with Gasteiger partial charge in [-0.15, -0.1) is 0 Å². The summed E-state index contributed by atoms with van der Waals surface area (Å²) < 4.78 is 11.6. The summed E-state index contributed by atoms with van der Waals surface area (Å²) in [5, 5.41) is 15.6. The minimum absolute atomic E-state index is 0.0117. The van der Waals surface area contributed by atoms with E-state index in [1.807, 2.05) is 36.4 Å². The molecule has 1 aliphatic carbocycles. The van der Waals surface area contributed by atoms with Gasteiger partial charge in [-0.3, -0.25) is 4.79 Å². The predicted octanol–water partition coefficient (Wildman–Crippen LogP) is 11.1. The van der Waals surface area contributed by atoms with Crippen LogP contribution in [0.5, 0.6) is 0 Å². The molecule has 0 spiro atoms. The number of aliphatic carboxylic acids is 1. The van der Waals surface area contributed by atoms with Crippen LogP contribution in [0.15, 0.2) is 48.5 Å². The Bertz CT molecular complexity index is 1290. The third-order valence-electron chi connectivity index (χ3n) is 10.4. The van der Waals surface area contributed by atoms with Gasteiger partial charge in [0, 0.05) is 30.5 Å². The Hall–Kier alpha value is -3.04. The fourth-order valence-electron chi connectivity index (χ4n) is 7.23. The molecule has 3 N–H and O–H groups in total.